The number of carbonyl (C=O) groups excluding carboxylic acids is 3. The Balaban J connectivity index is 1.23. The predicted octanol–water partition coefficient (Wildman–Crippen LogP) is 3.82. The molecule has 3 heterocycles. The number of nitrogens with one attached hydrogen (secondary N) is 2. The van der Waals surface area contributed by atoms with Gasteiger partial charge in [-0.3, -0.25) is 14.9 Å². The zero-order chi connectivity index (χ0) is 25.4. The molecular weight excluding hydrogens is 458 g/mol. The molecule has 0 aliphatic carbocycles. The highest BCUT2D eigenvalue weighted by atomic mass is 16.4. The molecule has 1 aromatic heterocycles. The Hall–Kier alpha value is -4.01. The second-order valence-electron chi connectivity index (χ2n) is 9.57. The van der Waals surface area contributed by atoms with Crippen molar-refractivity contribution in [1.82, 2.24) is 25.7 Å². The molecule has 4 amide bonds. The van der Waals surface area contributed by atoms with Crippen LogP contribution in [0.2, 0.25) is 0 Å². The third-order valence-electron chi connectivity index (χ3n) is 7.28. The van der Waals surface area contributed by atoms with Gasteiger partial charge in [0.25, 0.3) is 11.8 Å². The van der Waals surface area contributed by atoms with E-state index in [-0.39, 0.29) is 17.7 Å². The Morgan fingerprint density at radius 1 is 1.08 bits per heavy atom. The first-order chi connectivity index (χ1) is 17.3. The maximum atomic E-state index is 13.1. The molecule has 2 aliphatic heterocycles. The topological polar surface area (TPSA) is 117 Å². The molecule has 9 heteroatoms. The summed E-state index contributed by atoms with van der Waals surface area (Å²) in [7, 11) is 0. The van der Waals surface area contributed by atoms with E-state index in [1.165, 1.54) is 5.56 Å². The number of aryl methyl sites for hydroxylation is 2. The van der Waals surface area contributed by atoms with Crippen LogP contribution in [0.25, 0.3) is 11.5 Å². The first kappa shape index (κ1) is 23.7. The molecule has 2 saturated heterocycles. The summed E-state index contributed by atoms with van der Waals surface area (Å²) >= 11 is 0. The van der Waals surface area contributed by atoms with Crippen molar-refractivity contribution in [2.45, 2.75) is 51.5 Å². The number of hydrogen-bond acceptors (Lipinski definition) is 6. The molecule has 1 atom stereocenters. The molecule has 3 aromatic rings. The van der Waals surface area contributed by atoms with E-state index in [2.05, 4.69) is 33.8 Å². The van der Waals surface area contributed by atoms with Crippen molar-refractivity contribution in [3.63, 3.8) is 0 Å². The SMILES string of the molecule is CC[C@]1(c2ccc(C(=O)N3CCC(c4nnc(-c5ccc(C)cc5C)o4)CC3)cc2)NC(=O)NC1=O. The van der Waals surface area contributed by atoms with Gasteiger partial charge >= 0.3 is 6.03 Å². The molecular formula is C27H29N5O4. The lowest BCUT2D eigenvalue weighted by Gasteiger charge is -2.31. The molecule has 36 heavy (non-hydrogen) atoms. The third-order valence-corrected chi connectivity index (χ3v) is 7.28. The van der Waals surface area contributed by atoms with E-state index in [1.54, 1.807) is 24.3 Å². The minimum atomic E-state index is -1.10. The van der Waals surface area contributed by atoms with E-state index < -0.39 is 11.6 Å². The molecule has 5 rings (SSSR count). The van der Waals surface area contributed by atoms with Crippen LogP contribution in [0.3, 0.4) is 0 Å². The van der Waals surface area contributed by atoms with Crippen LogP contribution in [0.15, 0.2) is 46.9 Å². The van der Waals surface area contributed by atoms with Crippen LogP contribution in [0.5, 0.6) is 0 Å². The van der Waals surface area contributed by atoms with E-state index in [4.69, 9.17) is 4.42 Å². The van der Waals surface area contributed by atoms with E-state index in [0.29, 0.717) is 42.4 Å². The van der Waals surface area contributed by atoms with Crippen LogP contribution in [0.4, 0.5) is 4.79 Å². The lowest BCUT2D eigenvalue weighted by atomic mass is 9.87. The van der Waals surface area contributed by atoms with Crippen LogP contribution in [-0.4, -0.2) is 46.0 Å². The zero-order valence-corrected chi connectivity index (χ0v) is 20.6. The zero-order valence-electron chi connectivity index (χ0n) is 20.6. The van der Waals surface area contributed by atoms with Gasteiger partial charge in [-0.25, -0.2) is 4.79 Å². The Kier molecular flexibility index (Phi) is 6.07. The second-order valence-corrected chi connectivity index (χ2v) is 9.57. The quantitative estimate of drug-likeness (QED) is 0.529. The molecule has 2 fully saturated rings. The number of piperidine rings is 1. The van der Waals surface area contributed by atoms with Crippen LogP contribution in [0, 0.1) is 13.8 Å². The van der Waals surface area contributed by atoms with Crippen LogP contribution in [0.1, 0.15) is 65.0 Å². The maximum absolute atomic E-state index is 13.1. The summed E-state index contributed by atoms with van der Waals surface area (Å²) in [5.41, 5.74) is 3.32. The standard InChI is InChI=1S/C27H29N5O4/c1-4-27(25(34)28-26(35)29-27)20-8-6-19(7-9-20)24(33)32-13-11-18(12-14-32)22-30-31-23(36-22)21-10-5-16(2)15-17(21)3/h5-10,15,18H,4,11-14H2,1-3H3,(H2,28,29,34,35)/t27-/m1/s1. The maximum Gasteiger partial charge on any atom is 0.322 e. The number of aromatic nitrogens is 2. The van der Waals surface area contributed by atoms with Gasteiger partial charge in [0, 0.05) is 30.1 Å². The average Bonchev–Trinajstić information content (AvgIpc) is 3.48. The highest BCUT2D eigenvalue weighted by Gasteiger charge is 2.46. The Bertz CT molecular complexity index is 1320. The molecule has 0 unspecified atom stereocenters. The van der Waals surface area contributed by atoms with Crippen molar-refractivity contribution in [1.29, 1.82) is 0 Å². The summed E-state index contributed by atoms with van der Waals surface area (Å²) in [5.74, 6) is 0.809. The van der Waals surface area contributed by atoms with Crippen LogP contribution < -0.4 is 10.6 Å². The van der Waals surface area contributed by atoms with E-state index >= 15 is 0 Å². The number of rotatable bonds is 5. The molecule has 2 aromatic carbocycles. The van der Waals surface area contributed by atoms with Gasteiger partial charge in [-0.1, -0.05) is 36.8 Å². The Morgan fingerprint density at radius 3 is 2.42 bits per heavy atom. The molecule has 186 valence electrons. The van der Waals surface area contributed by atoms with Gasteiger partial charge in [0.1, 0.15) is 5.54 Å². The molecule has 0 saturated carbocycles. The number of nitrogens with zero attached hydrogens (tertiary/aromatic N) is 3. The van der Waals surface area contributed by atoms with Crippen molar-refractivity contribution in [3.05, 3.63) is 70.6 Å². The summed E-state index contributed by atoms with van der Waals surface area (Å²) in [4.78, 5) is 39.0. The van der Waals surface area contributed by atoms with Crippen LogP contribution >= 0.6 is 0 Å². The van der Waals surface area contributed by atoms with Gasteiger partial charge in [-0.05, 0) is 62.4 Å². The van der Waals surface area contributed by atoms with E-state index in [1.807, 2.05) is 30.9 Å². The number of urea groups is 1. The minimum absolute atomic E-state index is 0.0630. The van der Waals surface area contributed by atoms with Crippen molar-refractivity contribution >= 4 is 17.8 Å². The number of hydrogen-bond donors (Lipinski definition) is 2. The normalized spacial score (nSPS) is 20.4. The molecule has 0 bridgehead atoms. The summed E-state index contributed by atoms with van der Waals surface area (Å²) in [6, 6.07) is 12.5. The fraction of sp³-hybridized carbons (Fsp3) is 0.370. The van der Waals surface area contributed by atoms with Gasteiger partial charge in [0.05, 0.1) is 0 Å². The fourth-order valence-corrected chi connectivity index (χ4v) is 5.12. The largest absolute Gasteiger partial charge is 0.420 e. The number of likely N-dealkylation sites (tertiary alicyclic amines) is 1. The number of benzene rings is 2. The molecule has 2 N–H and O–H groups in total. The highest BCUT2D eigenvalue weighted by molar-refractivity contribution is 6.07. The van der Waals surface area contributed by atoms with Gasteiger partial charge < -0.3 is 14.6 Å². The van der Waals surface area contributed by atoms with Gasteiger partial charge in [-0.15, -0.1) is 10.2 Å². The number of carbonyl (C=O) groups is 3. The van der Waals surface area contributed by atoms with Crippen molar-refractivity contribution in [2.75, 3.05) is 13.1 Å². The Labute approximate surface area is 209 Å². The summed E-state index contributed by atoms with van der Waals surface area (Å²) in [6.45, 7) is 7.09. The van der Waals surface area contributed by atoms with Crippen molar-refractivity contribution < 1.29 is 18.8 Å². The van der Waals surface area contributed by atoms with E-state index in [9.17, 15) is 14.4 Å². The first-order valence-electron chi connectivity index (χ1n) is 12.2. The number of imide groups is 1. The highest BCUT2D eigenvalue weighted by Crippen LogP contribution is 2.32. The van der Waals surface area contributed by atoms with Gasteiger partial charge in [0.2, 0.25) is 11.8 Å². The Morgan fingerprint density at radius 2 is 1.81 bits per heavy atom. The lowest BCUT2D eigenvalue weighted by Crippen LogP contribution is -2.43. The van der Waals surface area contributed by atoms with Crippen molar-refractivity contribution in [3.8, 4) is 11.5 Å². The first-order valence-corrected chi connectivity index (χ1v) is 12.2. The third kappa shape index (κ3) is 4.14. The summed E-state index contributed by atoms with van der Waals surface area (Å²) < 4.78 is 6.02. The van der Waals surface area contributed by atoms with Crippen molar-refractivity contribution in [2.24, 2.45) is 0 Å². The number of amides is 4. The second kappa shape index (κ2) is 9.22. The molecule has 0 spiro atoms. The average molecular weight is 488 g/mol. The smallest absolute Gasteiger partial charge is 0.322 e. The lowest BCUT2D eigenvalue weighted by molar-refractivity contribution is -0.124. The summed E-state index contributed by atoms with van der Waals surface area (Å²) in [6.07, 6.45) is 1.89. The van der Waals surface area contributed by atoms with Gasteiger partial charge in [-0.2, -0.15) is 0 Å². The molecule has 0 radical (unpaired) electrons. The van der Waals surface area contributed by atoms with Gasteiger partial charge in [0.15, 0.2) is 0 Å². The minimum Gasteiger partial charge on any atom is -0.420 e. The molecule has 2 aliphatic rings. The predicted molar refractivity (Wildman–Crippen MR) is 132 cm³/mol. The molecule has 9 nitrogen and oxygen atoms in total. The van der Waals surface area contributed by atoms with E-state index in [0.717, 1.165) is 24.0 Å². The fourth-order valence-electron chi connectivity index (χ4n) is 5.12. The monoisotopic (exact) mass is 487 g/mol. The van der Waals surface area contributed by atoms with Crippen LogP contribution in [-0.2, 0) is 10.3 Å². The summed E-state index contributed by atoms with van der Waals surface area (Å²) in [5, 5.41) is 13.6.